The zero-order valence-electron chi connectivity index (χ0n) is 18.9. The Bertz CT molecular complexity index is 1350. The van der Waals surface area contributed by atoms with Crippen LogP contribution >= 0.6 is 11.6 Å². The quantitative estimate of drug-likeness (QED) is 0.482. The molecule has 1 saturated heterocycles. The molecule has 1 aromatic heterocycles. The second kappa shape index (κ2) is 9.87. The van der Waals surface area contributed by atoms with Crippen LogP contribution in [0.1, 0.15) is 46.0 Å². The Labute approximate surface area is 205 Å². The Morgan fingerprint density at radius 1 is 1.20 bits per heavy atom. The summed E-state index contributed by atoms with van der Waals surface area (Å²) in [6.45, 7) is 1.59. The fourth-order valence-corrected chi connectivity index (χ4v) is 4.60. The van der Waals surface area contributed by atoms with Gasteiger partial charge in [-0.3, -0.25) is 14.4 Å². The first-order chi connectivity index (χ1) is 16.7. The summed E-state index contributed by atoms with van der Waals surface area (Å²) >= 11 is 5.79. The van der Waals surface area contributed by atoms with Crippen molar-refractivity contribution in [2.24, 2.45) is 0 Å². The summed E-state index contributed by atoms with van der Waals surface area (Å²) in [5.41, 5.74) is 1.15. The minimum Gasteiger partial charge on any atom is -0.478 e. The largest absolute Gasteiger partial charge is 0.478 e. The zero-order valence-corrected chi connectivity index (χ0v) is 19.6. The van der Waals surface area contributed by atoms with Crippen LogP contribution in [0.15, 0.2) is 42.6 Å². The number of ketones is 1. The van der Waals surface area contributed by atoms with Gasteiger partial charge in [0.15, 0.2) is 5.78 Å². The van der Waals surface area contributed by atoms with E-state index in [1.165, 1.54) is 42.3 Å². The van der Waals surface area contributed by atoms with Crippen LogP contribution in [-0.4, -0.2) is 50.7 Å². The molecule has 0 bridgehead atoms. The standard InChI is InChI=1S/C25H23ClFN3O5/c1-14(31)18-12-29(20-8-7-15(25(34)35)10-17(18)20)13-22(32)30-9-3-6-21(30)24(33)28-11-16-4-2-5-19(26)23(16)27/h2,4-5,7-8,10,12,21H,3,6,9,11,13H2,1H3,(H,28,33)(H,34,35)/t21-/m0/s1. The summed E-state index contributed by atoms with van der Waals surface area (Å²) in [5, 5.41) is 12.4. The lowest BCUT2D eigenvalue weighted by Crippen LogP contribution is -2.46. The van der Waals surface area contributed by atoms with Gasteiger partial charge in [-0.1, -0.05) is 23.7 Å². The maximum Gasteiger partial charge on any atom is 0.335 e. The number of halogens is 2. The van der Waals surface area contributed by atoms with Crippen molar-refractivity contribution in [3.05, 3.63) is 70.1 Å². The van der Waals surface area contributed by atoms with Crippen molar-refractivity contribution in [3.8, 4) is 0 Å². The fourth-order valence-electron chi connectivity index (χ4n) is 4.40. The molecule has 4 rings (SSSR count). The molecule has 1 atom stereocenters. The third-order valence-electron chi connectivity index (χ3n) is 6.17. The first kappa shape index (κ1) is 24.4. The van der Waals surface area contributed by atoms with E-state index < -0.39 is 17.8 Å². The molecule has 0 unspecified atom stereocenters. The zero-order chi connectivity index (χ0) is 25.3. The van der Waals surface area contributed by atoms with E-state index in [9.17, 15) is 28.7 Å². The molecule has 1 aliphatic heterocycles. The van der Waals surface area contributed by atoms with Crippen molar-refractivity contribution >= 4 is 46.1 Å². The molecule has 8 nitrogen and oxygen atoms in total. The molecule has 0 aliphatic carbocycles. The van der Waals surface area contributed by atoms with E-state index in [1.54, 1.807) is 16.7 Å². The van der Waals surface area contributed by atoms with Crippen LogP contribution in [0.3, 0.4) is 0 Å². The molecule has 3 aromatic rings. The SMILES string of the molecule is CC(=O)c1cn(CC(=O)N2CCC[C@H]2C(=O)NCc2cccc(Cl)c2F)c2ccc(C(=O)O)cc12. The number of aromatic nitrogens is 1. The van der Waals surface area contributed by atoms with E-state index >= 15 is 0 Å². The van der Waals surface area contributed by atoms with Crippen molar-refractivity contribution in [2.75, 3.05) is 6.54 Å². The number of carbonyl (C=O) groups is 4. The molecule has 1 aliphatic rings. The van der Waals surface area contributed by atoms with E-state index in [-0.39, 0.29) is 46.8 Å². The molecule has 2 aromatic carbocycles. The molecule has 2 N–H and O–H groups in total. The number of hydrogen-bond acceptors (Lipinski definition) is 4. The third-order valence-corrected chi connectivity index (χ3v) is 6.47. The number of nitrogens with one attached hydrogen (secondary N) is 1. The number of carboxylic acid groups (broad SMARTS) is 1. The van der Waals surface area contributed by atoms with Crippen molar-refractivity contribution in [1.82, 2.24) is 14.8 Å². The summed E-state index contributed by atoms with van der Waals surface area (Å²) < 4.78 is 15.7. The predicted molar refractivity (Wildman–Crippen MR) is 127 cm³/mol. The summed E-state index contributed by atoms with van der Waals surface area (Å²) in [7, 11) is 0. The highest BCUT2D eigenvalue weighted by molar-refractivity contribution is 6.30. The van der Waals surface area contributed by atoms with Gasteiger partial charge in [0.05, 0.1) is 10.6 Å². The Morgan fingerprint density at radius 3 is 2.69 bits per heavy atom. The lowest BCUT2D eigenvalue weighted by molar-refractivity contribution is -0.138. The molecular weight excluding hydrogens is 477 g/mol. The van der Waals surface area contributed by atoms with E-state index in [1.807, 2.05) is 0 Å². The molecule has 2 amide bonds. The first-order valence-corrected chi connectivity index (χ1v) is 11.4. The van der Waals surface area contributed by atoms with Gasteiger partial charge in [0, 0.05) is 41.3 Å². The number of hydrogen-bond donors (Lipinski definition) is 2. The van der Waals surface area contributed by atoms with Gasteiger partial charge in [0.1, 0.15) is 18.4 Å². The van der Waals surface area contributed by atoms with Crippen LogP contribution in [0.2, 0.25) is 5.02 Å². The molecule has 0 radical (unpaired) electrons. The molecule has 1 fully saturated rings. The smallest absolute Gasteiger partial charge is 0.335 e. The van der Waals surface area contributed by atoms with Crippen LogP contribution in [0.5, 0.6) is 0 Å². The monoisotopic (exact) mass is 499 g/mol. The number of benzene rings is 2. The number of fused-ring (bicyclic) bond motifs is 1. The van der Waals surface area contributed by atoms with Crippen molar-refractivity contribution in [2.45, 2.75) is 38.9 Å². The van der Waals surface area contributed by atoms with Crippen LogP contribution in [0, 0.1) is 5.82 Å². The van der Waals surface area contributed by atoms with Crippen LogP contribution in [-0.2, 0) is 22.7 Å². The Balaban J connectivity index is 1.51. The van der Waals surface area contributed by atoms with Crippen LogP contribution in [0.4, 0.5) is 4.39 Å². The minimum absolute atomic E-state index is 0.0335. The van der Waals surface area contributed by atoms with Crippen molar-refractivity contribution in [1.29, 1.82) is 0 Å². The highest BCUT2D eigenvalue weighted by atomic mass is 35.5. The number of nitrogens with zero attached hydrogens (tertiary/aromatic N) is 2. The van der Waals surface area contributed by atoms with Crippen LogP contribution < -0.4 is 5.32 Å². The van der Waals surface area contributed by atoms with Gasteiger partial charge < -0.3 is 19.9 Å². The lowest BCUT2D eigenvalue weighted by atomic mass is 10.1. The van der Waals surface area contributed by atoms with Crippen LogP contribution in [0.25, 0.3) is 10.9 Å². The number of carboxylic acids is 1. The number of carbonyl (C=O) groups excluding carboxylic acids is 3. The van der Waals surface area contributed by atoms with E-state index in [4.69, 9.17) is 11.6 Å². The highest BCUT2D eigenvalue weighted by Gasteiger charge is 2.34. The van der Waals surface area contributed by atoms with Crippen molar-refractivity contribution < 1.29 is 28.7 Å². The molecule has 35 heavy (non-hydrogen) atoms. The maximum atomic E-state index is 14.1. The summed E-state index contributed by atoms with van der Waals surface area (Å²) in [5.74, 6) is -2.67. The predicted octanol–water partition coefficient (Wildman–Crippen LogP) is 3.64. The van der Waals surface area contributed by atoms with Gasteiger partial charge in [0.25, 0.3) is 0 Å². The number of aromatic carboxylic acids is 1. The second-order valence-corrected chi connectivity index (χ2v) is 8.85. The number of Topliss-reactive ketones (excluding diaryl/α,β-unsaturated/α-hetero) is 1. The maximum absolute atomic E-state index is 14.1. The van der Waals surface area contributed by atoms with Gasteiger partial charge in [-0.2, -0.15) is 0 Å². The van der Waals surface area contributed by atoms with Gasteiger partial charge in [-0.05, 0) is 44.0 Å². The summed E-state index contributed by atoms with van der Waals surface area (Å²) in [4.78, 5) is 50.9. The fraction of sp³-hybridized carbons (Fsp3) is 0.280. The third kappa shape index (κ3) is 4.90. The summed E-state index contributed by atoms with van der Waals surface area (Å²) in [6.07, 6.45) is 2.65. The second-order valence-electron chi connectivity index (χ2n) is 8.44. The molecule has 10 heteroatoms. The first-order valence-electron chi connectivity index (χ1n) is 11.0. The van der Waals surface area contributed by atoms with Gasteiger partial charge in [-0.25, -0.2) is 9.18 Å². The normalized spacial score (nSPS) is 15.4. The molecular formula is C25H23ClFN3O5. The molecule has 182 valence electrons. The van der Waals surface area contributed by atoms with E-state index in [0.29, 0.717) is 35.9 Å². The molecule has 0 spiro atoms. The Morgan fingerprint density at radius 2 is 1.97 bits per heavy atom. The number of rotatable bonds is 7. The van der Waals surface area contributed by atoms with Gasteiger partial charge in [0.2, 0.25) is 11.8 Å². The minimum atomic E-state index is -1.12. The average molecular weight is 500 g/mol. The Kier molecular flexibility index (Phi) is 6.88. The van der Waals surface area contributed by atoms with Crippen molar-refractivity contribution in [3.63, 3.8) is 0 Å². The van der Waals surface area contributed by atoms with E-state index in [2.05, 4.69) is 5.32 Å². The Hall–Kier alpha value is -3.72. The molecule has 0 saturated carbocycles. The lowest BCUT2D eigenvalue weighted by Gasteiger charge is -2.24. The topological polar surface area (TPSA) is 109 Å². The van der Waals surface area contributed by atoms with Gasteiger partial charge >= 0.3 is 5.97 Å². The number of likely N-dealkylation sites (tertiary alicyclic amines) is 1. The number of amides is 2. The average Bonchev–Trinajstić information content (AvgIpc) is 3.45. The van der Waals surface area contributed by atoms with Gasteiger partial charge in [-0.15, -0.1) is 0 Å². The van der Waals surface area contributed by atoms with E-state index in [0.717, 1.165) is 0 Å². The molecule has 2 heterocycles. The highest BCUT2D eigenvalue weighted by Crippen LogP contribution is 2.25. The summed E-state index contributed by atoms with van der Waals surface area (Å²) in [6, 6.07) is 8.23.